The van der Waals surface area contributed by atoms with Crippen LogP contribution in [0.15, 0.2) is 24.4 Å². The lowest BCUT2D eigenvalue weighted by molar-refractivity contribution is -0.122. The fraction of sp³-hybridized carbons (Fsp3) is 0.471. The minimum atomic E-state index is -0.0280. The molecule has 3 rings (SSSR count). The number of hydrogen-bond acceptors (Lipinski definition) is 4. The summed E-state index contributed by atoms with van der Waals surface area (Å²) in [6, 6.07) is 5.69. The zero-order valence-corrected chi connectivity index (χ0v) is 13.5. The number of aromatic nitrogens is 1. The van der Waals surface area contributed by atoms with Gasteiger partial charge in [-0.25, -0.2) is 0 Å². The molecular weight excluding hydrogens is 296 g/mol. The summed E-state index contributed by atoms with van der Waals surface area (Å²) in [5, 5.41) is 3.90. The number of rotatable bonds is 6. The first kappa shape index (κ1) is 15.7. The molecule has 1 N–H and O–H groups in total. The number of fused-ring (bicyclic) bond motifs is 1. The summed E-state index contributed by atoms with van der Waals surface area (Å²) in [5.41, 5.74) is 0.911. The first-order valence-corrected chi connectivity index (χ1v) is 7.80. The Morgan fingerprint density at radius 3 is 2.96 bits per heavy atom. The molecule has 1 aromatic carbocycles. The van der Waals surface area contributed by atoms with Crippen molar-refractivity contribution < 1.29 is 19.0 Å². The van der Waals surface area contributed by atoms with E-state index in [1.54, 1.807) is 14.2 Å². The highest BCUT2D eigenvalue weighted by Gasteiger charge is 2.17. The molecule has 2 heterocycles. The molecule has 2 aromatic rings. The van der Waals surface area contributed by atoms with E-state index in [4.69, 9.17) is 14.2 Å². The van der Waals surface area contributed by atoms with Crippen LogP contribution < -0.4 is 14.8 Å². The fourth-order valence-corrected chi connectivity index (χ4v) is 2.91. The Morgan fingerprint density at radius 1 is 1.39 bits per heavy atom. The highest BCUT2D eigenvalue weighted by Crippen LogP contribution is 2.31. The van der Waals surface area contributed by atoms with E-state index < -0.39 is 0 Å². The Kier molecular flexibility index (Phi) is 4.71. The molecule has 6 heteroatoms. The minimum absolute atomic E-state index is 0.0280. The van der Waals surface area contributed by atoms with Crippen LogP contribution in [0.25, 0.3) is 10.9 Å². The lowest BCUT2D eigenvalue weighted by Gasteiger charge is -2.12. The Balaban J connectivity index is 1.73. The molecule has 23 heavy (non-hydrogen) atoms. The van der Waals surface area contributed by atoms with Crippen LogP contribution in [-0.4, -0.2) is 43.9 Å². The van der Waals surface area contributed by atoms with Crippen LogP contribution in [0.5, 0.6) is 11.5 Å². The lowest BCUT2D eigenvalue weighted by atomic mass is 10.2. The van der Waals surface area contributed by atoms with Crippen LogP contribution in [0.2, 0.25) is 0 Å². The number of hydrogen-bond donors (Lipinski definition) is 1. The van der Waals surface area contributed by atoms with Crippen molar-refractivity contribution in [2.24, 2.45) is 0 Å². The lowest BCUT2D eigenvalue weighted by Crippen LogP contribution is -2.34. The van der Waals surface area contributed by atoms with Crippen molar-refractivity contribution in [3.8, 4) is 11.5 Å². The number of nitrogens with one attached hydrogen (secondary N) is 1. The summed E-state index contributed by atoms with van der Waals surface area (Å²) in [6.45, 7) is 1.62. The fourth-order valence-electron chi connectivity index (χ4n) is 2.91. The van der Waals surface area contributed by atoms with Crippen LogP contribution in [0, 0.1) is 0 Å². The number of carbonyl (C=O) groups is 1. The first-order chi connectivity index (χ1) is 11.2. The van der Waals surface area contributed by atoms with Gasteiger partial charge in [-0.2, -0.15) is 0 Å². The Morgan fingerprint density at radius 2 is 2.26 bits per heavy atom. The number of carbonyl (C=O) groups excluding carboxylic acids is 1. The van der Waals surface area contributed by atoms with E-state index in [2.05, 4.69) is 5.32 Å². The second-order valence-electron chi connectivity index (χ2n) is 5.65. The highest BCUT2D eigenvalue weighted by molar-refractivity contribution is 5.89. The maximum Gasteiger partial charge on any atom is 0.240 e. The first-order valence-electron chi connectivity index (χ1n) is 7.80. The normalized spacial score (nSPS) is 17.4. The van der Waals surface area contributed by atoms with Gasteiger partial charge in [0.15, 0.2) is 0 Å². The smallest absolute Gasteiger partial charge is 0.240 e. The third kappa shape index (κ3) is 3.42. The zero-order valence-electron chi connectivity index (χ0n) is 13.5. The molecule has 1 saturated heterocycles. The second kappa shape index (κ2) is 6.91. The molecule has 1 aromatic heterocycles. The zero-order chi connectivity index (χ0) is 16.2. The average molecular weight is 318 g/mol. The van der Waals surface area contributed by atoms with Crippen LogP contribution in [0.1, 0.15) is 12.8 Å². The molecule has 0 bridgehead atoms. The van der Waals surface area contributed by atoms with E-state index in [1.165, 1.54) is 0 Å². The quantitative estimate of drug-likeness (QED) is 0.884. The van der Waals surface area contributed by atoms with Crippen LogP contribution in [0.4, 0.5) is 0 Å². The van der Waals surface area contributed by atoms with Crippen molar-refractivity contribution in [3.05, 3.63) is 24.4 Å². The van der Waals surface area contributed by atoms with Gasteiger partial charge in [0.1, 0.15) is 18.0 Å². The molecule has 124 valence electrons. The van der Waals surface area contributed by atoms with Gasteiger partial charge in [-0.1, -0.05) is 0 Å². The molecule has 0 radical (unpaired) electrons. The average Bonchev–Trinajstić information content (AvgIpc) is 3.22. The molecular formula is C17H22N2O4. The molecule has 1 aliphatic heterocycles. The Hall–Kier alpha value is -2.21. The molecule has 1 atom stereocenters. The predicted octanol–water partition coefficient (Wildman–Crippen LogP) is 1.95. The summed E-state index contributed by atoms with van der Waals surface area (Å²) in [4.78, 5) is 12.2. The van der Waals surface area contributed by atoms with Gasteiger partial charge in [0.05, 0.1) is 25.8 Å². The molecule has 1 amide bonds. The van der Waals surface area contributed by atoms with Gasteiger partial charge in [0.25, 0.3) is 0 Å². The standard InChI is InChI=1S/C17H22N2O4/c1-21-13-8-15-14(16(9-13)22-2)5-6-19(15)11-17(20)18-10-12-4-3-7-23-12/h5-6,8-9,12H,3-4,7,10-11H2,1-2H3,(H,18,20). The van der Waals surface area contributed by atoms with E-state index in [0.717, 1.165) is 36.1 Å². The summed E-state index contributed by atoms with van der Waals surface area (Å²) < 4.78 is 18.1. The largest absolute Gasteiger partial charge is 0.497 e. The van der Waals surface area contributed by atoms with E-state index in [9.17, 15) is 4.79 Å². The third-order valence-corrected chi connectivity index (χ3v) is 4.14. The second-order valence-corrected chi connectivity index (χ2v) is 5.65. The van der Waals surface area contributed by atoms with E-state index in [1.807, 2.05) is 29.0 Å². The van der Waals surface area contributed by atoms with Crippen molar-refractivity contribution in [1.82, 2.24) is 9.88 Å². The number of benzene rings is 1. The van der Waals surface area contributed by atoms with Crippen molar-refractivity contribution >= 4 is 16.8 Å². The predicted molar refractivity (Wildman–Crippen MR) is 87.0 cm³/mol. The number of nitrogens with zero attached hydrogens (tertiary/aromatic N) is 1. The van der Waals surface area contributed by atoms with Gasteiger partial charge < -0.3 is 24.1 Å². The topological polar surface area (TPSA) is 61.7 Å². The Labute approximate surface area is 135 Å². The molecule has 6 nitrogen and oxygen atoms in total. The number of amides is 1. The van der Waals surface area contributed by atoms with E-state index in [-0.39, 0.29) is 18.6 Å². The van der Waals surface area contributed by atoms with Crippen molar-refractivity contribution in [2.45, 2.75) is 25.5 Å². The van der Waals surface area contributed by atoms with E-state index in [0.29, 0.717) is 12.3 Å². The van der Waals surface area contributed by atoms with E-state index >= 15 is 0 Å². The monoisotopic (exact) mass is 318 g/mol. The molecule has 0 saturated carbocycles. The van der Waals surface area contributed by atoms with Gasteiger partial charge in [0.2, 0.25) is 5.91 Å². The van der Waals surface area contributed by atoms with Crippen LogP contribution in [0.3, 0.4) is 0 Å². The van der Waals surface area contributed by atoms with Gasteiger partial charge in [-0.05, 0) is 18.9 Å². The Bertz CT molecular complexity index is 689. The van der Waals surface area contributed by atoms with Crippen LogP contribution >= 0.6 is 0 Å². The van der Waals surface area contributed by atoms with Crippen molar-refractivity contribution in [1.29, 1.82) is 0 Å². The number of ether oxygens (including phenoxy) is 3. The SMILES string of the molecule is COc1cc(OC)c2ccn(CC(=O)NCC3CCCO3)c2c1. The van der Waals surface area contributed by atoms with Crippen LogP contribution in [-0.2, 0) is 16.1 Å². The van der Waals surface area contributed by atoms with Gasteiger partial charge in [-0.3, -0.25) is 4.79 Å². The maximum absolute atomic E-state index is 12.2. The van der Waals surface area contributed by atoms with Gasteiger partial charge in [-0.15, -0.1) is 0 Å². The molecule has 0 spiro atoms. The third-order valence-electron chi connectivity index (χ3n) is 4.14. The molecule has 1 unspecified atom stereocenters. The maximum atomic E-state index is 12.2. The molecule has 0 aliphatic carbocycles. The molecule has 1 fully saturated rings. The highest BCUT2D eigenvalue weighted by atomic mass is 16.5. The summed E-state index contributed by atoms with van der Waals surface area (Å²) in [5.74, 6) is 1.41. The van der Waals surface area contributed by atoms with Crippen molar-refractivity contribution in [3.63, 3.8) is 0 Å². The minimum Gasteiger partial charge on any atom is -0.497 e. The summed E-state index contributed by atoms with van der Waals surface area (Å²) >= 11 is 0. The van der Waals surface area contributed by atoms with Gasteiger partial charge >= 0.3 is 0 Å². The van der Waals surface area contributed by atoms with Crippen molar-refractivity contribution in [2.75, 3.05) is 27.4 Å². The number of methoxy groups -OCH3 is 2. The summed E-state index contributed by atoms with van der Waals surface area (Å²) in [6.07, 6.45) is 4.13. The molecule has 1 aliphatic rings. The van der Waals surface area contributed by atoms with Gasteiger partial charge in [0, 0.05) is 36.9 Å². The summed E-state index contributed by atoms with van der Waals surface area (Å²) in [7, 11) is 3.24.